The summed E-state index contributed by atoms with van der Waals surface area (Å²) >= 11 is 0. The molecule has 0 aromatic carbocycles. The number of rotatable bonds is 0. The van der Waals surface area contributed by atoms with Crippen molar-refractivity contribution in [3.8, 4) is 0 Å². The highest BCUT2D eigenvalue weighted by Gasteiger charge is 2.43. The summed E-state index contributed by atoms with van der Waals surface area (Å²) in [4.78, 5) is 0. The van der Waals surface area contributed by atoms with E-state index in [0.717, 1.165) is 11.8 Å². The molecule has 1 heteroatoms. The van der Waals surface area contributed by atoms with Gasteiger partial charge < -0.3 is 5.32 Å². The van der Waals surface area contributed by atoms with Gasteiger partial charge in [-0.15, -0.1) is 0 Å². The average Bonchev–Trinajstić information content (AvgIpc) is 2.26. The summed E-state index contributed by atoms with van der Waals surface area (Å²) in [6.45, 7) is 7.34. The lowest BCUT2D eigenvalue weighted by atomic mass is 9.58. The zero-order valence-corrected chi connectivity index (χ0v) is 8.40. The van der Waals surface area contributed by atoms with Gasteiger partial charge in [0.25, 0.3) is 0 Å². The van der Waals surface area contributed by atoms with E-state index in [9.17, 15) is 0 Å². The maximum absolute atomic E-state index is 3.62. The van der Waals surface area contributed by atoms with Crippen molar-refractivity contribution in [1.82, 2.24) is 5.32 Å². The Bertz CT molecular complexity index is 166. The van der Waals surface area contributed by atoms with Crippen molar-refractivity contribution in [3.05, 3.63) is 0 Å². The maximum Gasteiger partial charge on any atom is 0.00105 e. The molecule has 0 amide bonds. The lowest BCUT2D eigenvalue weighted by Crippen LogP contribution is -2.45. The highest BCUT2D eigenvalue weighted by molar-refractivity contribution is 4.96. The number of hydrogen-bond acceptors (Lipinski definition) is 1. The van der Waals surface area contributed by atoms with Gasteiger partial charge in [0.2, 0.25) is 0 Å². The van der Waals surface area contributed by atoms with E-state index < -0.39 is 0 Å². The Kier molecular flexibility index (Phi) is 2.16. The van der Waals surface area contributed by atoms with Gasteiger partial charge in [0.1, 0.15) is 0 Å². The van der Waals surface area contributed by atoms with E-state index in [1.165, 1.54) is 38.8 Å². The molecule has 1 heterocycles. The number of hydrogen-bond donors (Lipinski definition) is 1. The second-order valence-corrected chi connectivity index (χ2v) is 5.08. The van der Waals surface area contributed by atoms with Crippen LogP contribution in [0.1, 0.15) is 39.5 Å². The molecule has 2 aliphatic rings. The largest absolute Gasteiger partial charge is 0.316 e. The van der Waals surface area contributed by atoms with Gasteiger partial charge in [0, 0.05) is 6.54 Å². The molecule has 70 valence electrons. The minimum atomic E-state index is 0.713. The van der Waals surface area contributed by atoms with Crippen molar-refractivity contribution >= 4 is 0 Å². The van der Waals surface area contributed by atoms with Crippen LogP contribution in [0.15, 0.2) is 0 Å². The normalized spacial score (nSPS) is 48.5. The van der Waals surface area contributed by atoms with Crippen molar-refractivity contribution in [2.24, 2.45) is 17.3 Å². The lowest BCUT2D eigenvalue weighted by molar-refractivity contribution is 0.0381. The molecule has 1 saturated carbocycles. The Morgan fingerprint density at radius 1 is 1.17 bits per heavy atom. The van der Waals surface area contributed by atoms with Crippen LogP contribution in [0.25, 0.3) is 0 Å². The van der Waals surface area contributed by atoms with Crippen molar-refractivity contribution in [2.75, 3.05) is 13.1 Å². The minimum Gasteiger partial charge on any atom is -0.316 e. The summed E-state index contributed by atoms with van der Waals surface area (Å²) in [6.07, 6.45) is 5.86. The van der Waals surface area contributed by atoms with Gasteiger partial charge in [0.05, 0.1) is 0 Å². The summed E-state index contributed by atoms with van der Waals surface area (Å²) in [7, 11) is 0. The van der Waals surface area contributed by atoms with Crippen molar-refractivity contribution in [3.63, 3.8) is 0 Å². The van der Waals surface area contributed by atoms with E-state index in [1.54, 1.807) is 0 Å². The van der Waals surface area contributed by atoms with Crippen LogP contribution in [0.4, 0.5) is 0 Å². The standard InChI is InChI=1S/C11H21N/c1-9-3-5-11(8-12-7-9)6-4-10(11)2/h9-10,12H,3-8H2,1-2H3/t9-,10+,11?/m0/s1. The van der Waals surface area contributed by atoms with E-state index in [4.69, 9.17) is 0 Å². The Morgan fingerprint density at radius 2 is 1.92 bits per heavy atom. The Labute approximate surface area is 75.9 Å². The molecule has 1 nitrogen and oxygen atoms in total. The molecule has 0 aromatic rings. The van der Waals surface area contributed by atoms with Gasteiger partial charge in [-0.25, -0.2) is 0 Å². The molecule has 2 rings (SSSR count). The molecular weight excluding hydrogens is 146 g/mol. The Hall–Kier alpha value is -0.0400. The van der Waals surface area contributed by atoms with Gasteiger partial charge >= 0.3 is 0 Å². The minimum absolute atomic E-state index is 0.713. The second kappa shape index (κ2) is 3.02. The van der Waals surface area contributed by atoms with Gasteiger partial charge in [-0.05, 0) is 49.5 Å². The summed E-state index contributed by atoms with van der Waals surface area (Å²) in [5, 5.41) is 3.62. The monoisotopic (exact) mass is 167 g/mol. The zero-order valence-electron chi connectivity index (χ0n) is 8.40. The third kappa shape index (κ3) is 1.28. The SMILES string of the molecule is C[C@H]1CCC2(CC[C@H]2C)CNC1. The fourth-order valence-corrected chi connectivity index (χ4v) is 2.77. The van der Waals surface area contributed by atoms with Crippen molar-refractivity contribution in [1.29, 1.82) is 0 Å². The van der Waals surface area contributed by atoms with Crippen LogP contribution in [0.3, 0.4) is 0 Å². The zero-order chi connectivity index (χ0) is 8.60. The van der Waals surface area contributed by atoms with E-state index in [0.29, 0.717) is 5.41 Å². The molecule has 1 saturated heterocycles. The average molecular weight is 167 g/mol. The topological polar surface area (TPSA) is 12.0 Å². The summed E-state index contributed by atoms with van der Waals surface area (Å²) in [5.41, 5.74) is 0.713. The maximum atomic E-state index is 3.62. The summed E-state index contributed by atoms with van der Waals surface area (Å²) in [5.74, 6) is 1.88. The van der Waals surface area contributed by atoms with Gasteiger partial charge in [-0.3, -0.25) is 0 Å². The molecule has 0 aromatic heterocycles. The van der Waals surface area contributed by atoms with E-state index in [2.05, 4.69) is 19.2 Å². The van der Waals surface area contributed by atoms with Crippen molar-refractivity contribution in [2.45, 2.75) is 39.5 Å². The Morgan fingerprint density at radius 3 is 2.50 bits per heavy atom. The van der Waals surface area contributed by atoms with E-state index in [1.807, 2.05) is 0 Å². The fraction of sp³-hybridized carbons (Fsp3) is 1.00. The fourth-order valence-electron chi connectivity index (χ4n) is 2.77. The Balaban J connectivity index is 1.98. The molecule has 3 atom stereocenters. The van der Waals surface area contributed by atoms with Crippen LogP contribution >= 0.6 is 0 Å². The van der Waals surface area contributed by atoms with Crippen molar-refractivity contribution < 1.29 is 0 Å². The van der Waals surface area contributed by atoms with Gasteiger partial charge in [-0.2, -0.15) is 0 Å². The quantitative estimate of drug-likeness (QED) is 0.584. The van der Waals surface area contributed by atoms with Crippen LogP contribution in [-0.4, -0.2) is 13.1 Å². The predicted octanol–water partition coefficient (Wildman–Crippen LogP) is 2.42. The van der Waals surface area contributed by atoms with Crippen LogP contribution < -0.4 is 5.32 Å². The molecule has 1 N–H and O–H groups in total. The summed E-state index contributed by atoms with van der Waals surface area (Å²) in [6, 6.07) is 0. The van der Waals surface area contributed by atoms with Crippen LogP contribution in [0, 0.1) is 17.3 Å². The first-order chi connectivity index (χ1) is 5.73. The van der Waals surface area contributed by atoms with Crippen LogP contribution in [-0.2, 0) is 0 Å². The molecule has 12 heavy (non-hydrogen) atoms. The first-order valence-corrected chi connectivity index (χ1v) is 5.44. The van der Waals surface area contributed by atoms with Crippen LogP contribution in [0.5, 0.6) is 0 Å². The van der Waals surface area contributed by atoms with E-state index in [-0.39, 0.29) is 0 Å². The lowest BCUT2D eigenvalue weighted by Gasteiger charge is -2.48. The summed E-state index contributed by atoms with van der Waals surface area (Å²) < 4.78 is 0. The predicted molar refractivity (Wildman–Crippen MR) is 52.1 cm³/mol. The highest BCUT2D eigenvalue weighted by atomic mass is 14.9. The number of nitrogens with one attached hydrogen (secondary N) is 1. The van der Waals surface area contributed by atoms with Gasteiger partial charge in [-0.1, -0.05) is 13.8 Å². The molecule has 1 aliphatic carbocycles. The smallest absolute Gasteiger partial charge is 0.00105 e. The third-order valence-electron chi connectivity index (χ3n) is 4.23. The molecule has 1 aliphatic heterocycles. The third-order valence-corrected chi connectivity index (χ3v) is 4.23. The molecule has 1 unspecified atom stereocenters. The molecule has 0 radical (unpaired) electrons. The van der Waals surface area contributed by atoms with Crippen LogP contribution in [0.2, 0.25) is 0 Å². The second-order valence-electron chi connectivity index (χ2n) is 5.08. The highest BCUT2D eigenvalue weighted by Crippen LogP contribution is 2.50. The molecule has 1 spiro atoms. The first kappa shape index (κ1) is 8.55. The molecule has 0 bridgehead atoms. The first-order valence-electron chi connectivity index (χ1n) is 5.44. The van der Waals surface area contributed by atoms with E-state index >= 15 is 0 Å². The molecule has 2 fully saturated rings. The van der Waals surface area contributed by atoms with Gasteiger partial charge in [0.15, 0.2) is 0 Å². The molecular formula is C11H21N.